The summed E-state index contributed by atoms with van der Waals surface area (Å²) < 4.78 is 0. The maximum Gasteiger partial charge on any atom is 0.323 e. The second kappa shape index (κ2) is 7.27. The molecule has 3 nitrogen and oxygen atoms in total. The average molecular weight is 270 g/mol. The van der Waals surface area contributed by atoms with Crippen molar-refractivity contribution in [2.75, 3.05) is 18.0 Å². The van der Waals surface area contributed by atoms with Gasteiger partial charge in [-0.3, -0.25) is 4.79 Å². The van der Waals surface area contributed by atoms with E-state index in [0.29, 0.717) is 10.9 Å². The van der Waals surface area contributed by atoms with E-state index >= 15 is 0 Å². The lowest BCUT2D eigenvalue weighted by Gasteiger charge is -2.27. The lowest BCUT2D eigenvalue weighted by atomic mass is 10.0. The summed E-state index contributed by atoms with van der Waals surface area (Å²) in [5.41, 5.74) is 0.911. The number of anilines is 1. The summed E-state index contributed by atoms with van der Waals surface area (Å²) in [4.78, 5) is 12.8. The third-order valence-electron chi connectivity index (χ3n) is 3.15. The SMILES string of the molecule is CCC(CC)CN(CC(=O)O)c1ccc(Cl)cc1. The number of aliphatic carboxylic acids is 1. The first-order valence-electron chi connectivity index (χ1n) is 6.29. The average Bonchev–Trinajstić information content (AvgIpc) is 2.35. The number of hydrogen-bond acceptors (Lipinski definition) is 2. The number of carboxylic acids is 1. The number of carboxylic acid groups (broad SMARTS) is 1. The molecule has 0 heterocycles. The molecule has 0 aliphatic heterocycles. The molecule has 1 N–H and O–H groups in total. The van der Waals surface area contributed by atoms with Gasteiger partial charge in [0.15, 0.2) is 0 Å². The number of hydrogen-bond donors (Lipinski definition) is 1. The quantitative estimate of drug-likeness (QED) is 0.821. The van der Waals surface area contributed by atoms with Crippen LogP contribution in [0, 0.1) is 5.92 Å². The standard InChI is InChI=1S/C14H20ClNO2/c1-3-11(4-2)9-16(10-14(17)18)13-7-5-12(15)6-8-13/h5-8,11H,3-4,9-10H2,1-2H3,(H,17,18). The predicted molar refractivity (Wildman–Crippen MR) is 75.4 cm³/mol. The van der Waals surface area contributed by atoms with Gasteiger partial charge in [-0.1, -0.05) is 38.3 Å². The normalized spacial score (nSPS) is 10.7. The summed E-state index contributed by atoms with van der Waals surface area (Å²) in [7, 11) is 0. The molecular weight excluding hydrogens is 250 g/mol. The molecule has 100 valence electrons. The van der Waals surface area contributed by atoms with Gasteiger partial charge < -0.3 is 10.0 Å². The summed E-state index contributed by atoms with van der Waals surface area (Å²) >= 11 is 5.85. The van der Waals surface area contributed by atoms with Gasteiger partial charge in [-0.2, -0.15) is 0 Å². The zero-order valence-corrected chi connectivity index (χ0v) is 11.7. The number of nitrogens with zero attached hydrogens (tertiary/aromatic N) is 1. The van der Waals surface area contributed by atoms with Gasteiger partial charge in [0.05, 0.1) is 0 Å². The smallest absolute Gasteiger partial charge is 0.323 e. The van der Waals surface area contributed by atoms with E-state index in [4.69, 9.17) is 16.7 Å². The molecule has 0 fully saturated rings. The van der Waals surface area contributed by atoms with E-state index in [-0.39, 0.29) is 6.54 Å². The highest BCUT2D eigenvalue weighted by Gasteiger charge is 2.14. The Hall–Kier alpha value is -1.22. The van der Waals surface area contributed by atoms with E-state index in [2.05, 4.69) is 13.8 Å². The molecule has 0 radical (unpaired) electrons. The fourth-order valence-electron chi connectivity index (χ4n) is 1.93. The Kier molecular flexibility index (Phi) is 5.99. The highest BCUT2D eigenvalue weighted by atomic mass is 35.5. The van der Waals surface area contributed by atoms with Crippen molar-refractivity contribution in [2.45, 2.75) is 26.7 Å². The van der Waals surface area contributed by atoms with Gasteiger partial charge in [0.1, 0.15) is 6.54 Å². The van der Waals surface area contributed by atoms with Crippen molar-refractivity contribution in [1.82, 2.24) is 0 Å². The van der Waals surface area contributed by atoms with Crippen LogP contribution in [0.3, 0.4) is 0 Å². The first-order chi connectivity index (χ1) is 8.56. The Balaban J connectivity index is 2.83. The van der Waals surface area contributed by atoms with Crippen molar-refractivity contribution >= 4 is 23.3 Å². The number of carbonyl (C=O) groups is 1. The molecule has 0 atom stereocenters. The molecule has 0 amide bonds. The minimum Gasteiger partial charge on any atom is -0.480 e. The van der Waals surface area contributed by atoms with E-state index in [1.807, 2.05) is 17.0 Å². The third kappa shape index (κ3) is 4.57. The topological polar surface area (TPSA) is 40.5 Å². The van der Waals surface area contributed by atoms with Crippen molar-refractivity contribution in [3.63, 3.8) is 0 Å². The van der Waals surface area contributed by atoms with Gasteiger partial charge in [0.25, 0.3) is 0 Å². The molecule has 18 heavy (non-hydrogen) atoms. The van der Waals surface area contributed by atoms with E-state index in [1.165, 1.54) is 0 Å². The van der Waals surface area contributed by atoms with Gasteiger partial charge in [-0.25, -0.2) is 0 Å². The minimum absolute atomic E-state index is 0.0259. The molecule has 0 unspecified atom stereocenters. The van der Waals surface area contributed by atoms with Crippen molar-refractivity contribution < 1.29 is 9.90 Å². The molecule has 0 aliphatic rings. The Bertz CT molecular complexity index is 374. The van der Waals surface area contributed by atoms with Crippen LogP contribution in [-0.2, 0) is 4.79 Å². The second-order valence-electron chi connectivity index (χ2n) is 4.43. The van der Waals surface area contributed by atoms with E-state index < -0.39 is 5.97 Å². The van der Waals surface area contributed by atoms with Crippen LogP contribution >= 0.6 is 11.6 Å². The van der Waals surface area contributed by atoms with Crippen molar-refractivity contribution in [3.05, 3.63) is 29.3 Å². The Morgan fingerprint density at radius 2 is 1.83 bits per heavy atom. The first-order valence-corrected chi connectivity index (χ1v) is 6.66. The molecule has 4 heteroatoms. The Morgan fingerprint density at radius 1 is 1.28 bits per heavy atom. The maximum atomic E-state index is 10.9. The predicted octanol–water partition coefficient (Wildman–Crippen LogP) is 3.67. The van der Waals surface area contributed by atoms with Crippen molar-refractivity contribution in [1.29, 1.82) is 0 Å². The van der Waals surface area contributed by atoms with Crippen LogP contribution in [0.1, 0.15) is 26.7 Å². The van der Waals surface area contributed by atoms with Crippen LogP contribution in [0.4, 0.5) is 5.69 Å². The van der Waals surface area contributed by atoms with Crippen LogP contribution in [0.15, 0.2) is 24.3 Å². The number of halogens is 1. The highest BCUT2D eigenvalue weighted by Crippen LogP contribution is 2.20. The van der Waals surface area contributed by atoms with Gasteiger partial charge in [-0.05, 0) is 30.2 Å². The van der Waals surface area contributed by atoms with Gasteiger partial charge in [0, 0.05) is 17.3 Å². The van der Waals surface area contributed by atoms with Crippen molar-refractivity contribution in [3.8, 4) is 0 Å². The minimum atomic E-state index is -0.809. The molecule has 1 aromatic rings. The monoisotopic (exact) mass is 269 g/mol. The summed E-state index contributed by atoms with van der Waals surface area (Å²) in [6.07, 6.45) is 2.11. The van der Waals surface area contributed by atoms with Crippen LogP contribution < -0.4 is 4.90 Å². The molecule has 0 bridgehead atoms. The third-order valence-corrected chi connectivity index (χ3v) is 3.40. The summed E-state index contributed by atoms with van der Waals surface area (Å²) in [5.74, 6) is -0.295. The highest BCUT2D eigenvalue weighted by molar-refractivity contribution is 6.30. The van der Waals surface area contributed by atoms with Crippen LogP contribution in [0.2, 0.25) is 5.02 Å². The maximum absolute atomic E-state index is 10.9. The molecular formula is C14H20ClNO2. The molecule has 0 saturated carbocycles. The Morgan fingerprint density at radius 3 is 2.28 bits per heavy atom. The zero-order valence-electron chi connectivity index (χ0n) is 10.9. The zero-order chi connectivity index (χ0) is 13.5. The molecule has 0 spiro atoms. The van der Waals surface area contributed by atoms with Gasteiger partial charge in [-0.15, -0.1) is 0 Å². The lowest BCUT2D eigenvalue weighted by Crippen LogP contribution is -2.34. The van der Waals surface area contributed by atoms with E-state index in [1.54, 1.807) is 12.1 Å². The van der Waals surface area contributed by atoms with Gasteiger partial charge in [0.2, 0.25) is 0 Å². The Labute approximate surface area is 113 Å². The summed E-state index contributed by atoms with van der Waals surface area (Å²) in [5, 5.41) is 9.65. The molecule has 0 saturated heterocycles. The summed E-state index contributed by atoms with van der Waals surface area (Å²) in [6.45, 7) is 5.06. The van der Waals surface area contributed by atoms with E-state index in [0.717, 1.165) is 25.1 Å². The first kappa shape index (κ1) is 14.8. The van der Waals surface area contributed by atoms with Crippen LogP contribution in [0.25, 0.3) is 0 Å². The largest absolute Gasteiger partial charge is 0.480 e. The second-order valence-corrected chi connectivity index (χ2v) is 4.87. The van der Waals surface area contributed by atoms with Crippen LogP contribution in [-0.4, -0.2) is 24.2 Å². The van der Waals surface area contributed by atoms with Gasteiger partial charge >= 0.3 is 5.97 Å². The van der Waals surface area contributed by atoms with Crippen molar-refractivity contribution in [2.24, 2.45) is 5.92 Å². The fraction of sp³-hybridized carbons (Fsp3) is 0.500. The number of benzene rings is 1. The molecule has 1 rings (SSSR count). The fourth-order valence-corrected chi connectivity index (χ4v) is 2.06. The molecule has 1 aromatic carbocycles. The summed E-state index contributed by atoms with van der Waals surface area (Å²) in [6, 6.07) is 7.32. The number of rotatable bonds is 7. The van der Waals surface area contributed by atoms with Crippen LogP contribution in [0.5, 0.6) is 0 Å². The lowest BCUT2D eigenvalue weighted by molar-refractivity contribution is -0.135. The molecule has 0 aliphatic carbocycles. The molecule has 0 aromatic heterocycles. The van der Waals surface area contributed by atoms with E-state index in [9.17, 15) is 4.79 Å².